The van der Waals surface area contributed by atoms with Crippen LogP contribution in [-0.2, 0) is 4.74 Å². The molecule has 6 rings (SSSR count). The number of para-hydroxylation sites is 2. The van der Waals surface area contributed by atoms with E-state index in [1.807, 2.05) is 4.90 Å². The maximum absolute atomic E-state index is 14.1. The summed E-state index contributed by atoms with van der Waals surface area (Å²) < 4.78 is 41.3. The minimum Gasteiger partial charge on any atom is -0.474 e. The van der Waals surface area contributed by atoms with E-state index in [0.717, 1.165) is 38.5 Å². The van der Waals surface area contributed by atoms with Crippen LogP contribution in [0, 0.1) is 5.92 Å². The fourth-order valence-corrected chi connectivity index (χ4v) is 5.39. The SMILES string of the molecule is OC(NCC1(O)CC1)C1CCC(Oc2cc(-n3c(C(F)F)nc4ccccc43)nc(N3CCOCC3)n2)CC1. The molecule has 0 spiro atoms. The number of benzene rings is 1. The molecule has 1 unspecified atom stereocenters. The van der Waals surface area contributed by atoms with Crippen molar-refractivity contribution in [2.45, 2.75) is 62.9 Å². The number of anilines is 1. The van der Waals surface area contributed by atoms with Gasteiger partial charge >= 0.3 is 0 Å². The number of aromatic nitrogens is 4. The lowest BCUT2D eigenvalue weighted by atomic mass is 9.86. The molecule has 1 saturated heterocycles. The molecular weight excluding hydrogens is 510 g/mol. The number of fused-ring (bicyclic) bond motifs is 1. The average Bonchev–Trinajstić information content (AvgIpc) is 3.56. The van der Waals surface area contributed by atoms with Gasteiger partial charge in [0, 0.05) is 25.7 Å². The third kappa shape index (κ3) is 5.84. The third-order valence-corrected chi connectivity index (χ3v) is 7.90. The van der Waals surface area contributed by atoms with Gasteiger partial charge in [-0.15, -0.1) is 0 Å². The van der Waals surface area contributed by atoms with Gasteiger partial charge in [-0.3, -0.25) is 9.88 Å². The van der Waals surface area contributed by atoms with Crippen LogP contribution < -0.4 is 15.0 Å². The Morgan fingerprint density at radius 3 is 2.54 bits per heavy atom. The fraction of sp³-hybridized carbons (Fsp3) is 0.593. The van der Waals surface area contributed by atoms with Crippen molar-refractivity contribution in [3.63, 3.8) is 0 Å². The molecule has 1 atom stereocenters. The van der Waals surface area contributed by atoms with Crippen LogP contribution in [0.2, 0.25) is 0 Å². The van der Waals surface area contributed by atoms with Crippen molar-refractivity contribution in [3.05, 3.63) is 36.2 Å². The Morgan fingerprint density at radius 1 is 1.08 bits per heavy atom. The Hall–Kier alpha value is -2.93. The molecule has 10 nitrogen and oxygen atoms in total. The zero-order valence-electron chi connectivity index (χ0n) is 21.7. The highest BCUT2D eigenvalue weighted by Crippen LogP contribution is 2.35. The number of hydrogen-bond donors (Lipinski definition) is 3. The Kier molecular flexibility index (Phi) is 7.36. The summed E-state index contributed by atoms with van der Waals surface area (Å²) in [6.45, 7) is 2.62. The highest BCUT2D eigenvalue weighted by atomic mass is 19.3. The van der Waals surface area contributed by atoms with E-state index in [9.17, 15) is 19.0 Å². The molecule has 3 fully saturated rings. The van der Waals surface area contributed by atoms with Crippen LogP contribution in [0.15, 0.2) is 30.3 Å². The smallest absolute Gasteiger partial charge is 0.296 e. The summed E-state index contributed by atoms with van der Waals surface area (Å²) in [6.07, 6.45) is 0.904. The summed E-state index contributed by atoms with van der Waals surface area (Å²) in [7, 11) is 0. The van der Waals surface area contributed by atoms with E-state index in [2.05, 4.69) is 20.3 Å². The third-order valence-electron chi connectivity index (χ3n) is 7.90. The maximum Gasteiger partial charge on any atom is 0.296 e. The van der Waals surface area contributed by atoms with Crippen LogP contribution in [0.3, 0.4) is 0 Å². The molecule has 2 aliphatic carbocycles. The molecule has 1 aliphatic heterocycles. The number of ether oxygens (including phenoxy) is 2. The Morgan fingerprint density at radius 2 is 1.82 bits per heavy atom. The van der Waals surface area contributed by atoms with Crippen molar-refractivity contribution in [2.75, 3.05) is 37.7 Å². The average molecular weight is 545 g/mol. The quantitative estimate of drug-likeness (QED) is 0.350. The van der Waals surface area contributed by atoms with E-state index in [0.29, 0.717) is 55.7 Å². The number of alkyl halides is 2. The summed E-state index contributed by atoms with van der Waals surface area (Å²) in [5, 5.41) is 23.7. The summed E-state index contributed by atoms with van der Waals surface area (Å²) in [5.74, 6) is 0.680. The van der Waals surface area contributed by atoms with Crippen LogP contribution >= 0.6 is 0 Å². The van der Waals surface area contributed by atoms with Gasteiger partial charge in [0.25, 0.3) is 6.43 Å². The summed E-state index contributed by atoms with van der Waals surface area (Å²) in [5.41, 5.74) is 0.332. The number of morpholine rings is 1. The molecule has 39 heavy (non-hydrogen) atoms. The normalized spacial score (nSPS) is 23.8. The van der Waals surface area contributed by atoms with E-state index in [-0.39, 0.29) is 23.7 Å². The first kappa shape index (κ1) is 26.3. The molecule has 0 radical (unpaired) electrons. The van der Waals surface area contributed by atoms with Crippen molar-refractivity contribution in [1.29, 1.82) is 0 Å². The molecule has 2 aromatic heterocycles. The van der Waals surface area contributed by atoms with Gasteiger partial charge in [-0.1, -0.05) is 12.1 Å². The van der Waals surface area contributed by atoms with Gasteiger partial charge in [0.1, 0.15) is 18.1 Å². The highest BCUT2D eigenvalue weighted by Gasteiger charge is 2.41. The second kappa shape index (κ2) is 10.9. The van der Waals surface area contributed by atoms with E-state index >= 15 is 0 Å². The van der Waals surface area contributed by atoms with Crippen molar-refractivity contribution in [1.82, 2.24) is 24.8 Å². The number of halogens is 2. The molecule has 210 valence electrons. The van der Waals surface area contributed by atoms with Gasteiger partial charge in [0.2, 0.25) is 11.8 Å². The Bertz CT molecular complexity index is 1290. The molecule has 1 aromatic carbocycles. The molecular formula is C27H34F2N6O4. The zero-order chi connectivity index (χ0) is 27.0. The molecule has 3 aliphatic rings. The minimum atomic E-state index is -2.79. The lowest BCUT2D eigenvalue weighted by molar-refractivity contribution is 0.0172. The van der Waals surface area contributed by atoms with Gasteiger partial charge < -0.3 is 24.6 Å². The van der Waals surface area contributed by atoms with E-state index in [4.69, 9.17) is 9.47 Å². The number of aliphatic hydroxyl groups is 2. The fourth-order valence-electron chi connectivity index (χ4n) is 5.39. The Labute approximate surface area is 225 Å². The molecule has 2 saturated carbocycles. The second-order valence-corrected chi connectivity index (χ2v) is 10.8. The summed E-state index contributed by atoms with van der Waals surface area (Å²) in [4.78, 5) is 15.5. The van der Waals surface area contributed by atoms with Crippen LogP contribution in [0.25, 0.3) is 16.9 Å². The van der Waals surface area contributed by atoms with E-state index in [1.165, 1.54) is 4.57 Å². The number of imidazole rings is 1. The van der Waals surface area contributed by atoms with Crippen LogP contribution in [0.5, 0.6) is 5.88 Å². The molecule has 0 amide bonds. The second-order valence-electron chi connectivity index (χ2n) is 10.8. The predicted octanol–water partition coefficient (Wildman–Crippen LogP) is 2.96. The van der Waals surface area contributed by atoms with Crippen molar-refractivity contribution >= 4 is 17.0 Å². The molecule has 3 heterocycles. The van der Waals surface area contributed by atoms with Crippen LogP contribution in [0.4, 0.5) is 14.7 Å². The monoisotopic (exact) mass is 544 g/mol. The molecule has 0 bridgehead atoms. The number of hydrogen-bond acceptors (Lipinski definition) is 9. The highest BCUT2D eigenvalue weighted by molar-refractivity contribution is 5.78. The topological polar surface area (TPSA) is 118 Å². The molecule has 3 aromatic rings. The largest absolute Gasteiger partial charge is 0.474 e. The molecule has 12 heteroatoms. The van der Waals surface area contributed by atoms with E-state index in [1.54, 1.807) is 30.3 Å². The first-order chi connectivity index (χ1) is 18.9. The van der Waals surface area contributed by atoms with Gasteiger partial charge in [-0.2, -0.15) is 9.97 Å². The summed E-state index contributed by atoms with van der Waals surface area (Å²) >= 11 is 0. The number of rotatable bonds is 9. The van der Waals surface area contributed by atoms with Gasteiger partial charge in [-0.05, 0) is 56.6 Å². The first-order valence-electron chi connectivity index (χ1n) is 13.7. The van der Waals surface area contributed by atoms with Crippen molar-refractivity contribution < 1.29 is 28.5 Å². The van der Waals surface area contributed by atoms with Crippen molar-refractivity contribution in [2.24, 2.45) is 5.92 Å². The first-order valence-corrected chi connectivity index (χ1v) is 13.7. The maximum atomic E-state index is 14.1. The minimum absolute atomic E-state index is 0.0722. The lowest BCUT2D eigenvalue weighted by Gasteiger charge is -2.32. The summed E-state index contributed by atoms with van der Waals surface area (Å²) in [6, 6.07) is 8.59. The van der Waals surface area contributed by atoms with Crippen LogP contribution in [-0.4, -0.2) is 80.5 Å². The number of nitrogens with one attached hydrogen (secondary N) is 1. The van der Waals surface area contributed by atoms with Crippen molar-refractivity contribution in [3.8, 4) is 11.7 Å². The Balaban J connectivity index is 1.23. The van der Waals surface area contributed by atoms with E-state index < -0.39 is 18.3 Å². The predicted molar refractivity (Wildman–Crippen MR) is 139 cm³/mol. The van der Waals surface area contributed by atoms with Gasteiger partial charge in [-0.25, -0.2) is 13.8 Å². The van der Waals surface area contributed by atoms with Gasteiger partial charge in [0.15, 0.2) is 5.82 Å². The van der Waals surface area contributed by atoms with Crippen LogP contribution in [0.1, 0.15) is 50.8 Å². The van der Waals surface area contributed by atoms with Gasteiger partial charge in [0.05, 0.1) is 29.8 Å². The number of nitrogens with zero attached hydrogens (tertiary/aromatic N) is 5. The lowest BCUT2D eigenvalue weighted by Crippen LogP contribution is -2.43. The zero-order valence-corrected chi connectivity index (χ0v) is 21.7. The number of aliphatic hydroxyl groups excluding tert-OH is 1. The standard InChI is InChI=1S/C27H34F2N6O4/c28-23(29)24-31-19-3-1-2-4-20(19)35(24)21-15-22(33-26(32-21)34-11-13-38-14-12-34)39-18-7-5-17(6-8-18)25(36)30-16-27(37)9-10-27/h1-4,15,17-18,23,25,30,36-37H,5-14,16H2. The molecule has 3 N–H and O–H groups in total.